The number of nitrogens with one attached hydrogen (secondary N) is 1. The van der Waals surface area contributed by atoms with Crippen LogP contribution in [0.2, 0.25) is 5.02 Å². The van der Waals surface area contributed by atoms with E-state index in [9.17, 15) is 4.79 Å². The van der Waals surface area contributed by atoms with Crippen LogP contribution in [0.4, 0.5) is 5.69 Å². The second-order valence-corrected chi connectivity index (χ2v) is 6.69. The van der Waals surface area contributed by atoms with Gasteiger partial charge in [-0.15, -0.1) is 0 Å². The third-order valence-corrected chi connectivity index (χ3v) is 4.54. The standard InChI is InChI=1S/C22H17ClN2O3/c1-27-19-5-3-2-4-17(19)22-25-18-11-10-16(13-20(18)28-22)24-21(26)12-14-6-8-15(23)9-7-14/h2-11,13H,12H2,1H3,(H,24,26). The number of amides is 1. The molecule has 140 valence electrons. The Morgan fingerprint density at radius 2 is 1.89 bits per heavy atom. The Morgan fingerprint density at radius 1 is 1.11 bits per heavy atom. The molecule has 28 heavy (non-hydrogen) atoms. The zero-order chi connectivity index (χ0) is 19.5. The van der Waals surface area contributed by atoms with Crippen molar-refractivity contribution < 1.29 is 13.9 Å². The van der Waals surface area contributed by atoms with Gasteiger partial charge in [0.2, 0.25) is 11.8 Å². The van der Waals surface area contributed by atoms with E-state index in [1.165, 1.54) is 0 Å². The second kappa shape index (κ2) is 7.74. The first-order chi connectivity index (χ1) is 13.6. The molecule has 0 spiro atoms. The predicted octanol–water partition coefficient (Wildman–Crippen LogP) is 5.34. The molecule has 0 aliphatic rings. The minimum atomic E-state index is -0.119. The van der Waals surface area contributed by atoms with Crippen LogP contribution in [-0.2, 0) is 11.2 Å². The zero-order valence-electron chi connectivity index (χ0n) is 15.1. The number of halogens is 1. The molecule has 1 N–H and O–H groups in total. The first-order valence-electron chi connectivity index (χ1n) is 8.70. The van der Waals surface area contributed by atoms with Gasteiger partial charge in [-0.1, -0.05) is 35.9 Å². The number of para-hydroxylation sites is 1. The van der Waals surface area contributed by atoms with Gasteiger partial charge in [-0.05, 0) is 42.0 Å². The summed E-state index contributed by atoms with van der Waals surface area (Å²) in [6, 6.07) is 20.1. The molecular weight excluding hydrogens is 376 g/mol. The van der Waals surface area contributed by atoms with E-state index in [0.29, 0.717) is 33.4 Å². The van der Waals surface area contributed by atoms with Crippen LogP contribution in [0.5, 0.6) is 5.75 Å². The van der Waals surface area contributed by atoms with Crippen molar-refractivity contribution >= 4 is 34.3 Å². The first-order valence-corrected chi connectivity index (χ1v) is 9.08. The molecule has 0 unspecified atom stereocenters. The van der Waals surface area contributed by atoms with Gasteiger partial charge in [0.05, 0.1) is 19.1 Å². The number of rotatable bonds is 5. The van der Waals surface area contributed by atoms with E-state index < -0.39 is 0 Å². The van der Waals surface area contributed by atoms with Gasteiger partial charge in [0.15, 0.2) is 5.58 Å². The van der Waals surface area contributed by atoms with Crippen LogP contribution in [0, 0.1) is 0 Å². The summed E-state index contributed by atoms with van der Waals surface area (Å²) in [5, 5.41) is 3.53. The first kappa shape index (κ1) is 18.1. The molecule has 1 amide bonds. The van der Waals surface area contributed by atoms with Gasteiger partial charge in [-0.3, -0.25) is 4.79 Å². The highest BCUT2D eigenvalue weighted by Crippen LogP contribution is 2.32. The quantitative estimate of drug-likeness (QED) is 0.498. The Labute approximate surface area is 166 Å². The number of fused-ring (bicyclic) bond motifs is 1. The van der Waals surface area contributed by atoms with Crippen molar-refractivity contribution in [2.45, 2.75) is 6.42 Å². The summed E-state index contributed by atoms with van der Waals surface area (Å²) in [6.45, 7) is 0. The Hall–Kier alpha value is -3.31. The average molecular weight is 393 g/mol. The Morgan fingerprint density at radius 3 is 2.68 bits per heavy atom. The molecule has 6 heteroatoms. The predicted molar refractivity (Wildman–Crippen MR) is 110 cm³/mol. The van der Waals surface area contributed by atoms with Gasteiger partial charge in [-0.25, -0.2) is 4.98 Å². The second-order valence-electron chi connectivity index (χ2n) is 6.25. The summed E-state index contributed by atoms with van der Waals surface area (Å²) in [7, 11) is 1.61. The highest BCUT2D eigenvalue weighted by molar-refractivity contribution is 6.30. The molecule has 0 saturated carbocycles. The molecule has 0 bridgehead atoms. The summed E-state index contributed by atoms with van der Waals surface area (Å²) in [5.74, 6) is 1.04. The van der Waals surface area contributed by atoms with E-state index in [2.05, 4.69) is 10.3 Å². The largest absolute Gasteiger partial charge is 0.496 e. The minimum Gasteiger partial charge on any atom is -0.496 e. The van der Waals surface area contributed by atoms with Crippen LogP contribution in [0.15, 0.2) is 71.1 Å². The van der Waals surface area contributed by atoms with Crippen LogP contribution in [0.25, 0.3) is 22.6 Å². The Kier molecular flexibility index (Phi) is 5.00. The summed E-state index contributed by atoms with van der Waals surface area (Å²) in [6.07, 6.45) is 0.262. The summed E-state index contributed by atoms with van der Waals surface area (Å²) < 4.78 is 11.3. The summed E-state index contributed by atoms with van der Waals surface area (Å²) in [4.78, 5) is 16.8. The van der Waals surface area contributed by atoms with Crippen molar-refractivity contribution in [1.29, 1.82) is 0 Å². The van der Waals surface area contributed by atoms with Gasteiger partial charge in [-0.2, -0.15) is 0 Å². The SMILES string of the molecule is COc1ccccc1-c1nc2ccc(NC(=O)Cc3ccc(Cl)cc3)cc2o1. The van der Waals surface area contributed by atoms with Crippen LogP contribution >= 0.6 is 11.6 Å². The van der Waals surface area contributed by atoms with Gasteiger partial charge in [0.25, 0.3) is 0 Å². The number of carbonyl (C=O) groups is 1. The lowest BCUT2D eigenvalue weighted by Crippen LogP contribution is -2.14. The van der Waals surface area contributed by atoms with E-state index >= 15 is 0 Å². The summed E-state index contributed by atoms with van der Waals surface area (Å²) >= 11 is 5.87. The number of carbonyl (C=O) groups excluding carboxylic acids is 1. The molecule has 0 aliphatic heterocycles. The minimum absolute atomic E-state index is 0.119. The molecule has 0 atom stereocenters. The molecule has 0 saturated heterocycles. The highest BCUT2D eigenvalue weighted by Gasteiger charge is 2.13. The van der Waals surface area contributed by atoms with Crippen LogP contribution < -0.4 is 10.1 Å². The maximum absolute atomic E-state index is 12.3. The van der Waals surface area contributed by atoms with Gasteiger partial charge < -0.3 is 14.5 Å². The van der Waals surface area contributed by atoms with Gasteiger partial charge in [0, 0.05) is 16.8 Å². The molecule has 4 rings (SSSR count). The van der Waals surface area contributed by atoms with Crippen molar-refractivity contribution in [2.75, 3.05) is 12.4 Å². The monoisotopic (exact) mass is 392 g/mol. The van der Waals surface area contributed by atoms with Crippen molar-refractivity contribution in [3.63, 3.8) is 0 Å². The number of ether oxygens (including phenoxy) is 1. The number of aromatic nitrogens is 1. The molecule has 1 aromatic heterocycles. The Balaban J connectivity index is 1.54. The molecule has 3 aromatic carbocycles. The number of benzene rings is 3. The average Bonchev–Trinajstić information content (AvgIpc) is 3.13. The number of oxazole rings is 1. The van der Waals surface area contributed by atoms with E-state index in [1.54, 1.807) is 31.4 Å². The number of nitrogens with zero attached hydrogens (tertiary/aromatic N) is 1. The lowest BCUT2D eigenvalue weighted by Gasteiger charge is -2.05. The fourth-order valence-electron chi connectivity index (χ4n) is 2.93. The van der Waals surface area contributed by atoms with E-state index in [0.717, 1.165) is 11.1 Å². The molecule has 1 heterocycles. The van der Waals surface area contributed by atoms with Crippen molar-refractivity contribution in [3.8, 4) is 17.2 Å². The van der Waals surface area contributed by atoms with Crippen molar-refractivity contribution in [1.82, 2.24) is 4.98 Å². The fourth-order valence-corrected chi connectivity index (χ4v) is 3.06. The lowest BCUT2D eigenvalue weighted by molar-refractivity contribution is -0.115. The number of methoxy groups -OCH3 is 1. The summed E-state index contributed by atoms with van der Waals surface area (Å²) in [5.41, 5.74) is 3.60. The molecule has 5 nitrogen and oxygen atoms in total. The lowest BCUT2D eigenvalue weighted by atomic mass is 10.1. The molecular formula is C22H17ClN2O3. The van der Waals surface area contributed by atoms with Gasteiger partial charge >= 0.3 is 0 Å². The van der Waals surface area contributed by atoms with E-state index in [-0.39, 0.29) is 12.3 Å². The number of hydrogen-bond acceptors (Lipinski definition) is 4. The van der Waals surface area contributed by atoms with E-state index in [1.807, 2.05) is 42.5 Å². The normalized spacial score (nSPS) is 10.8. The maximum atomic E-state index is 12.3. The third kappa shape index (κ3) is 3.85. The topological polar surface area (TPSA) is 64.4 Å². The molecule has 4 aromatic rings. The Bertz CT molecular complexity index is 1140. The maximum Gasteiger partial charge on any atom is 0.231 e. The van der Waals surface area contributed by atoms with Crippen LogP contribution in [0.1, 0.15) is 5.56 Å². The van der Waals surface area contributed by atoms with Crippen LogP contribution in [-0.4, -0.2) is 18.0 Å². The highest BCUT2D eigenvalue weighted by atomic mass is 35.5. The smallest absolute Gasteiger partial charge is 0.231 e. The fraction of sp³-hybridized carbons (Fsp3) is 0.0909. The zero-order valence-corrected chi connectivity index (χ0v) is 15.9. The number of anilines is 1. The van der Waals surface area contributed by atoms with Crippen molar-refractivity contribution in [2.24, 2.45) is 0 Å². The van der Waals surface area contributed by atoms with E-state index in [4.69, 9.17) is 20.8 Å². The van der Waals surface area contributed by atoms with Crippen molar-refractivity contribution in [3.05, 3.63) is 77.3 Å². The number of hydrogen-bond donors (Lipinski definition) is 1. The molecule has 0 radical (unpaired) electrons. The molecule has 0 aliphatic carbocycles. The van der Waals surface area contributed by atoms with Gasteiger partial charge in [0.1, 0.15) is 11.3 Å². The third-order valence-electron chi connectivity index (χ3n) is 4.29. The molecule has 0 fully saturated rings. The van der Waals surface area contributed by atoms with Crippen LogP contribution in [0.3, 0.4) is 0 Å².